The van der Waals surface area contributed by atoms with Gasteiger partial charge in [-0.05, 0) is 92.4 Å². The minimum atomic E-state index is -0.221. The smallest absolute Gasteiger partial charge is 0.0543 e. The molecule has 0 radical (unpaired) electrons. The zero-order valence-corrected chi connectivity index (χ0v) is 30.3. The lowest BCUT2D eigenvalue weighted by Crippen LogP contribution is -2.38. The van der Waals surface area contributed by atoms with Crippen LogP contribution in [0.3, 0.4) is 0 Å². The van der Waals surface area contributed by atoms with Gasteiger partial charge >= 0.3 is 0 Å². The molecule has 2 aliphatic heterocycles. The Hall–Kier alpha value is -5.60. The molecule has 0 amide bonds. The van der Waals surface area contributed by atoms with Gasteiger partial charge in [-0.3, -0.25) is 0 Å². The summed E-state index contributed by atoms with van der Waals surface area (Å²) in [5.74, 6) is 0. The van der Waals surface area contributed by atoms with Crippen LogP contribution in [0.5, 0.6) is 0 Å². The summed E-state index contributed by atoms with van der Waals surface area (Å²) in [7, 11) is 0. The van der Waals surface area contributed by atoms with Gasteiger partial charge < -0.3 is 9.80 Å². The van der Waals surface area contributed by atoms with Gasteiger partial charge in [0.05, 0.1) is 22.7 Å². The second-order valence-corrected chi connectivity index (χ2v) is 16.2. The first kappa shape index (κ1) is 30.2. The van der Waals surface area contributed by atoms with Gasteiger partial charge in [0.15, 0.2) is 0 Å². The molecular weight excluding hydrogens is 617 g/mol. The Balaban J connectivity index is 1.22. The third kappa shape index (κ3) is 3.99. The summed E-state index contributed by atoms with van der Waals surface area (Å²) in [6.45, 7) is 14.3. The highest BCUT2D eigenvalue weighted by Crippen LogP contribution is 2.60. The Kier molecular flexibility index (Phi) is 6.07. The van der Waals surface area contributed by atoms with E-state index in [2.05, 4.69) is 197 Å². The van der Waals surface area contributed by atoms with E-state index in [4.69, 9.17) is 0 Å². The van der Waals surface area contributed by atoms with Gasteiger partial charge in [0, 0.05) is 33.0 Å². The van der Waals surface area contributed by atoms with Crippen molar-refractivity contribution in [2.75, 3.05) is 9.80 Å². The van der Waals surface area contributed by atoms with Crippen LogP contribution < -0.4 is 9.80 Å². The standard InChI is InChI=1S/C49H42N2/c1-47(2)37-19-10-9-18-35(37)36-27-25-32(29-41(36)47)50(43-24-13-16-31-15-7-8-17-34(31)43)33-26-28-45-42(30-33)49(5,6)40-22-14-21-39-46(40)51(45)44-23-12-11-20-38(44)48(39,3)4/h7-30H,1-6H3. The topological polar surface area (TPSA) is 6.48 Å². The first-order valence-electron chi connectivity index (χ1n) is 18.3. The molecule has 0 aromatic heterocycles. The van der Waals surface area contributed by atoms with E-state index < -0.39 is 0 Å². The van der Waals surface area contributed by atoms with E-state index in [1.807, 2.05) is 0 Å². The molecule has 0 atom stereocenters. The molecule has 51 heavy (non-hydrogen) atoms. The van der Waals surface area contributed by atoms with Gasteiger partial charge in [-0.25, -0.2) is 0 Å². The molecule has 2 heterocycles. The van der Waals surface area contributed by atoms with Crippen LogP contribution in [0.15, 0.2) is 146 Å². The Bertz CT molecular complexity index is 2580. The highest BCUT2D eigenvalue weighted by molar-refractivity contribution is 6.00. The second-order valence-electron chi connectivity index (χ2n) is 16.2. The van der Waals surface area contributed by atoms with Gasteiger partial charge in [-0.2, -0.15) is 0 Å². The van der Waals surface area contributed by atoms with Crippen LogP contribution >= 0.6 is 0 Å². The van der Waals surface area contributed by atoms with E-state index >= 15 is 0 Å². The summed E-state index contributed by atoms with van der Waals surface area (Å²) in [6.07, 6.45) is 0. The Morgan fingerprint density at radius 1 is 0.412 bits per heavy atom. The summed E-state index contributed by atoms with van der Waals surface area (Å²) < 4.78 is 0. The van der Waals surface area contributed by atoms with Gasteiger partial charge in [-0.15, -0.1) is 0 Å². The maximum atomic E-state index is 2.55. The van der Waals surface area contributed by atoms with Crippen molar-refractivity contribution in [1.82, 2.24) is 0 Å². The number of para-hydroxylation sites is 2. The molecule has 10 rings (SSSR count). The molecule has 0 spiro atoms. The van der Waals surface area contributed by atoms with Gasteiger partial charge in [0.1, 0.15) is 0 Å². The van der Waals surface area contributed by atoms with Crippen molar-refractivity contribution in [2.45, 2.75) is 57.8 Å². The molecule has 0 N–H and O–H groups in total. The predicted octanol–water partition coefficient (Wildman–Crippen LogP) is 13.4. The second kappa shape index (κ2) is 10.2. The number of nitrogens with zero attached hydrogens (tertiary/aromatic N) is 2. The number of hydrogen-bond donors (Lipinski definition) is 0. The summed E-state index contributed by atoms with van der Waals surface area (Å²) in [6, 6.07) is 54.7. The van der Waals surface area contributed by atoms with Crippen molar-refractivity contribution >= 4 is 44.9 Å². The molecule has 1 aliphatic carbocycles. The minimum absolute atomic E-state index is 0.0962. The first-order valence-corrected chi connectivity index (χ1v) is 18.3. The molecule has 0 bridgehead atoms. The van der Waals surface area contributed by atoms with Crippen LogP contribution in [-0.4, -0.2) is 0 Å². The summed E-state index contributed by atoms with van der Waals surface area (Å²) >= 11 is 0. The average Bonchev–Trinajstić information content (AvgIpc) is 3.37. The quantitative estimate of drug-likeness (QED) is 0.186. The molecule has 248 valence electrons. The molecule has 0 fully saturated rings. The first-order chi connectivity index (χ1) is 24.6. The van der Waals surface area contributed by atoms with Crippen LogP contribution in [0.25, 0.3) is 21.9 Å². The zero-order valence-electron chi connectivity index (χ0n) is 30.3. The van der Waals surface area contributed by atoms with Gasteiger partial charge in [-0.1, -0.05) is 145 Å². The van der Waals surface area contributed by atoms with E-state index in [0.717, 1.165) is 5.69 Å². The molecule has 7 aromatic rings. The van der Waals surface area contributed by atoms with Crippen LogP contribution in [-0.2, 0) is 16.2 Å². The number of rotatable bonds is 3. The Morgan fingerprint density at radius 3 is 1.75 bits per heavy atom. The van der Waals surface area contributed by atoms with Crippen molar-refractivity contribution in [3.05, 3.63) is 179 Å². The fourth-order valence-electron chi connectivity index (χ4n) is 9.67. The maximum Gasteiger partial charge on any atom is 0.0543 e. The molecular formula is C49H42N2. The molecule has 2 heteroatoms. The highest BCUT2D eigenvalue weighted by atomic mass is 15.2. The molecule has 0 saturated carbocycles. The lowest BCUT2D eigenvalue weighted by molar-refractivity contribution is 0.597. The maximum absolute atomic E-state index is 2.55. The third-order valence-corrected chi connectivity index (χ3v) is 12.4. The van der Waals surface area contributed by atoms with Gasteiger partial charge in [0.25, 0.3) is 0 Å². The fraction of sp³-hybridized carbons (Fsp3) is 0.184. The molecule has 0 saturated heterocycles. The van der Waals surface area contributed by atoms with Crippen LogP contribution in [0.1, 0.15) is 74.9 Å². The van der Waals surface area contributed by atoms with E-state index in [1.54, 1.807) is 0 Å². The van der Waals surface area contributed by atoms with Crippen molar-refractivity contribution in [1.29, 1.82) is 0 Å². The van der Waals surface area contributed by atoms with E-state index in [1.165, 1.54) is 83.7 Å². The number of hydrogen-bond acceptors (Lipinski definition) is 2. The highest BCUT2D eigenvalue weighted by Gasteiger charge is 2.45. The van der Waals surface area contributed by atoms with Gasteiger partial charge in [0.2, 0.25) is 0 Å². The number of benzene rings is 7. The lowest BCUT2D eigenvalue weighted by Gasteiger charge is -2.49. The molecule has 7 aromatic carbocycles. The Labute approximate surface area is 301 Å². The van der Waals surface area contributed by atoms with Crippen molar-refractivity contribution < 1.29 is 0 Å². The largest absolute Gasteiger partial charge is 0.310 e. The summed E-state index contributed by atoms with van der Waals surface area (Å²) in [4.78, 5) is 5.05. The van der Waals surface area contributed by atoms with Crippen LogP contribution in [0.2, 0.25) is 0 Å². The summed E-state index contributed by atoms with van der Waals surface area (Å²) in [5.41, 5.74) is 17.9. The number of anilines is 6. The summed E-state index contributed by atoms with van der Waals surface area (Å²) in [5, 5.41) is 2.48. The normalized spacial score (nSPS) is 16.5. The van der Waals surface area contributed by atoms with E-state index in [-0.39, 0.29) is 16.2 Å². The van der Waals surface area contributed by atoms with E-state index in [9.17, 15) is 0 Å². The number of fused-ring (bicyclic) bond motifs is 8. The molecule has 3 aliphatic rings. The van der Waals surface area contributed by atoms with Crippen molar-refractivity contribution in [2.24, 2.45) is 0 Å². The predicted molar refractivity (Wildman–Crippen MR) is 215 cm³/mol. The molecule has 2 nitrogen and oxygen atoms in total. The average molecular weight is 659 g/mol. The van der Waals surface area contributed by atoms with E-state index in [0.29, 0.717) is 0 Å². The minimum Gasteiger partial charge on any atom is -0.310 e. The third-order valence-electron chi connectivity index (χ3n) is 12.4. The van der Waals surface area contributed by atoms with Crippen molar-refractivity contribution in [3.63, 3.8) is 0 Å². The monoisotopic (exact) mass is 658 g/mol. The lowest BCUT2D eigenvalue weighted by atomic mass is 9.66. The SMILES string of the molecule is CC1(C)c2ccccc2-c2ccc(N(c3ccc4c(c3)C(C)(C)c3cccc5c3N4c3ccccc3C5(C)C)c3cccc4ccccc34)cc21. The van der Waals surface area contributed by atoms with Crippen LogP contribution in [0.4, 0.5) is 34.1 Å². The van der Waals surface area contributed by atoms with Crippen LogP contribution in [0, 0.1) is 0 Å². The Morgan fingerprint density at radius 2 is 0.941 bits per heavy atom. The fourth-order valence-corrected chi connectivity index (χ4v) is 9.67. The van der Waals surface area contributed by atoms with Crippen molar-refractivity contribution in [3.8, 4) is 11.1 Å². The zero-order chi connectivity index (χ0) is 34.9. The molecule has 0 unspecified atom stereocenters.